The van der Waals surface area contributed by atoms with Gasteiger partial charge in [0.2, 0.25) is 0 Å². The summed E-state index contributed by atoms with van der Waals surface area (Å²) < 4.78 is 0. The average Bonchev–Trinajstić information content (AvgIpc) is 3.00. The fourth-order valence-corrected chi connectivity index (χ4v) is 2.24. The lowest BCUT2D eigenvalue weighted by Gasteiger charge is -2.03. The zero-order valence-electron chi connectivity index (χ0n) is 11.5. The molecule has 1 amide bonds. The number of aromatic nitrogens is 4. The van der Waals surface area contributed by atoms with E-state index in [1.165, 1.54) is 0 Å². The molecule has 0 atom stereocenters. The highest BCUT2D eigenvalue weighted by Crippen LogP contribution is 2.21. The molecule has 0 bridgehead atoms. The quantitative estimate of drug-likeness (QED) is 0.721. The van der Waals surface area contributed by atoms with Gasteiger partial charge in [-0.1, -0.05) is 41.9 Å². The molecule has 3 aromatic rings. The Labute approximate surface area is 131 Å². The Balaban J connectivity index is 1.82. The number of nitrogens with zero attached hydrogens (tertiary/aromatic N) is 3. The average molecular weight is 314 g/mol. The van der Waals surface area contributed by atoms with Gasteiger partial charge in [0.1, 0.15) is 10.8 Å². The number of rotatable bonds is 4. The highest BCUT2D eigenvalue weighted by molar-refractivity contribution is 6.29. The standard InChI is InChI=1S/C15H12ClN5O/c16-12-6-3-10(8-18-12)7-9-1-4-11(5-2-9)13-14(15(17)22)20-21-19-13/h1-6,8H,7H2,(H2,17,22)(H,19,20,21). The van der Waals surface area contributed by atoms with Crippen molar-refractivity contribution in [3.63, 3.8) is 0 Å². The molecule has 3 rings (SSSR count). The molecule has 110 valence electrons. The molecule has 0 aliphatic rings. The summed E-state index contributed by atoms with van der Waals surface area (Å²) in [5, 5.41) is 10.6. The third kappa shape index (κ3) is 2.96. The highest BCUT2D eigenvalue weighted by atomic mass is 35.5. The van der Waals surface area contributed by atoms with Crippen LogP contribution in [-0.2, 0) is 6.42 Å². The molecular formula is C15H12ClN5O. The lowest BCUT2D eigenvalue weighted by Crippen LogP contribution is -2.12. The van der Waals surface area contributed by atoms with Gasteiger partial charge in [0, 0.05) is 11.8 Å². The normalized spacial score (nSPS) is 10.6. The number of nitrogens with one attached hydrogen (secondary N) is 1. The molecule has 6 nitrogen and oxygen atoms in total. The van der Waals surface area contributed by atoms with E-state index in [4.69, 9.17) is 17.3 Å². The van der Waals surface area contributed by atoms with Crippen molar-refractivity contribution in [1.82, 2.24) is 20.4 Å². The first-order valence-electron chi connectivity index (χ1n) is 6.54. The number of H-pyrrole nitrogens is 1. The van der Waals surface area contributed by atoms with Crippen molar-refractivity contribution in [1.29, 1.82) is 0 Å². The Morgan fingerprint density at radius 1 is 1.09 bits per heavy atom. The van der Waals surface area contributed by atoms with E-state index in [1.807, 2.05) is 30.3 Å². The molecule has 0 saturated carbocycles. The summed E-state index contributed by atoms with van der Waals surface area (Å²) in [4.78, 5) is 15.3. The molecule has 0 saturated heterocycles. The summed E-state index contributed by atoms with van der Waals surface area (Å²) in [6.45, 7) is 0. The second-order valence-corrected chi connectivity index (χ2v) is 5.14. The van der Waals surface area contributed by atoms with E-state index >= 15 is 0 Å². The Kier molecular flexibility index (Phi) is 3.84. The summed E-state index contributed by atoms with van der Waals surface area (Å²) in [6, 6.07) is 11.4. The van der Waals surface area contributed by atoms with Gasteiger partial charge >= 0.3 is 0 Å². The zero-order chi connectivity index (χ0) is 15.5. The SMILES string of the molecule is NC(=O)c1n[nH]nc1-c1ccc(Cc2ccc(Cl)nc2)cc1. The predicted molar refractivity (Wildman–Crippen MR) is 82.4 cm³/mol. The highest BCUT2D eigenvalue weighted by Gasteiger charge is 2.14. The first kappa shape index (κ1) is 14.2. The minimum Gasteiger partial charge on any atom is -0.364 e. The van der Waals surface area contributed by atoms with Crippen LogP contribution in [0.4, 0.5) is 0 Å². The number of primary amides is 1. The van der Waals surface area contributed by atoms with Crippen LogP contribution in [0.3, 0.4) is 0 Å². The summed E-state index contributed by atoms with van der Waals surface area (Å²) in [6.07, 6.45) is 2.49. The molecule has 22 heavy (non-hydrogen) atoms. The smallest absolute Gasteiger partial charge is 0.271 e. The fourth-order valence-electron chi connectivity index (χ4n) is 2.13. The maximum Gasteiger partial charge on any atom is 0.271 e. The van der Waals surface area contributed by atoms with Gasteiger partial charge in [-0.2, -0.15) is 15.4 Å². The second kappa shape index (κ2) is 5.95. The molecule has 0 spiro atoms. The van der Waals surface area contributed by atoms with Crippen LogP contribution in [0.25, 0.3) is 11.3 Å². The van der Waals surface area contributed by atoms with Crippen LogP contribution in [0, 0.1) is 0 Å². The van der Waals surface area contributed by atoms with Gasteiger partial charge in [-0.25, -0.2) is 4.98 Å². The van der Waals surface area contributed by atoms with Gasteiger partial charge in [0.05, 0.1) is 0 Å². The Morgan fingerprint density at radius 3 is 2.45 bits per heavy atom. The van der Waals surface area contributed by atoms with Crippen molar-refractivity contribution in [3.05, 3.63) is 64.6 Å². The number of amides is 1. The number of pyridine rings is 1. The maximum atomic E-state index is 11.3. The number of benzene rings is 1. The van der Waals surface area contributed by atoms with Crippen molar-refractivity contribution in [3.8, 4) is 11.3 Å². The van der Waals surface area contributed by atoms with Crippen molar-refractivity contribution >= 4 is 17.5 Å². The van der Waals surface area contributed by atoms with Crippen LogP contribution in [0.1, 0.15) is 21.6 Å². The topological polar surface area (TPSA) is 97.6 Å². The molecule has 0 radical (unpaired) electrons. The lowest BCUT2D eigenvalue weighted by molar-refractivity contribution is 0.0996. The van der Waals surface area contributed by atoms with E-state index in [2.05, 4.69) is 20.4 Å². The molecule has 2 aromatic heterocycles. The maximum absolute atomic E-state index is 11.3. The van der Waals surface area contributed by atoms with Crippen molar-refractivity contribution in [2.24, 2.45) is 5.73 Å². The van der Waals surface area contributed by atoms with Crippen LogP contribution in [-0.4, -0.2) is 26.3 Å². The first-order chi connectivity index (χ1) is 10.6. The Hall–Kier alpha value is -2.73. The van der Waals surface area contributed by atoms with E-state index in [-0.39, 0.29) is 5.69 Å². The van der Waals surface area contributed by atoms with Crippen LogP contribution < -0.4 is 5.73 Å². The van der Waals surface area contributed by atoms with Crippen LogP contribution >= 0.6 is 11.6 Å². The third-order valence-electron chi connectivity index (χ3n) is 3.21. The fraction of sp³-hybridized carbons (Fsp3) is 0.0667. The van der Waals surface area contributed by atoms with E-state index in [9.17, 15) is 4.79 Å². The van der Waals surface area contributed by atoms with Crippen LogP contribution in [0.2, 0.25) is 5.15 Å². The Bertz CT molecular complexity index is 796. The first-order valence-corrected chi connectivity index (χ1v) is 6.91. The van der Waals surface area contributed by atoms with E-state index in [0.717, 1.165) is 23.1 Å². The monoisotopic (exact) mass is 313 g/mol. The minimum absolute atomic E-state index is 0.134. The summed E-state index contributed by atoms with van der Waals surface area (Å²) in [5.41, 5.74) is 8.80. The predicted octanol–water partition coefficient (Wildman–Crippen LogP) is 2.21. The van der Waals surface area contributed by atoms with Crippen LogP contribution in [0.15, 0.2) is 42.6 Å². The zero-order valence-corrected chi connectivity index (χ0v) is 12.2. The molecule has 0 unspecified atom stereocenters. The van der Waals surface area contributed by atoms with Gasteiger partial charge in [-0.05, 0) is 23.6 Å². The molecule has 0 aliphatic heterocycles. The van der Waals surface area contributed by atoms with Gasteiger partial charge in [0.15, 0.2) is 5.69 Å². The minimum atomic E-state index is -0.611. The number of hydrogen-bond acceptors (Lipinski definition) is 4. The lowest BCUT2D eigenvalue weighted by atomic mass is 10.0. The molecule has 1 aromatic carbocycles. The molecular weight excluding hydrogens is 302 g/mol. The third-order valence-corrected chi connectivity index (χ3v) is 3.43. The van der Waals surface area contributed by atoms with Gasteiger partial charge in [-0.15, -0.1) is 0 Å². The van der Waals surface area contributed by atoms with E-state index in [1.54, 1.807) is 12.3 Å². The number of hydrogen-bond donors (Lipinski definition) is 2. The Morgan fingerprint density at radius 2 is 1.82 bits per heavy atom. The van der Waals surface area contributed by atoms with Crippen LogP contribution in [0.5, 0.6) is 0 Å². The summed E-state index contributed by atoms with van der Waals surface area (Å²) in [7, 11) is 0. The molecule has 0 fully saturated rings. The molecule has 7 heteroatoms. The second-order valence-electron chi connectivity index (χ2n) is 4.75. The van der Waals surface area contributed by atoms with E-state index in [0.29, 0.717) is 10.8 Å². The van der Waals surface area contributed by atoms with E-state index < -0.39 is 5.91 Å². The van der Waals surface area contributed by atoms with Gasteiger partial charge < -0.3 is 5.73 Å². The van der Waals surface area contributed by atoms with Crippen molar-refractivity contribution in [2.75, 3.05) is 0 Å². The number of halogens is 1. The largest absolute Gasteiger partial charge is 0.364 e. The number of carbonyl (C=O) groups is 1. The number of nitrogens with two attached hydrogens (primary N) is 1. The van der Waals surface area contributed by atoms with Crippen molar-refractivity contribution < 1.29 is 4.79 Å². The number of aromatic amines is 1. The summed E-state index contributed by atoms with van der Waals surface area (Å²) >= 11 is 5.77. The number of carbonyl (C=O) groups excluding carboxylic acids is 1. The molecule has 3 N–H and O–H groups in total. The molecule has 0 aliphatic carbocycles. The van der Waals surface area contributed by atoms with Crippen molar-refractivity contribution in [2.45, 2.75) is 6.42 Å². The molecule has 2 heterocycles. The van der Waals surface area contributed by atoms with Gasteiger partial charge in [-0.3, -0.25) is 4.79 Å². The van der Waals surface area contributed by atoms with Gasteiger partial charge in [0.25, 0.3) is 5.91 Å². The summed E-state index contributed by atoms with van der Waals surface area (Å²) in [5.74, 6) is -0.611.